The van der Waals surface area contributed by atoms with Crippen LogP contribution in [0, 0.1) is 17.0 Å². The Balaban J connectivity index is 2.17. The number of methoxy groups -OCH3 is 1. The summed E-state index contributed by atoms with van der Waals surface area (Å²) in [6, 6.07) is 5.98. The minimum absolute atomic E-state index is 0.0528. The smallest absolute Gasteiger partial charge is 0.273 e. The number of hydrogen-bond donors (Lipinski definition) is 1. The quantitative estimate of drug-likeness (QED) is 0.467. The molecule has 0 unspecified atom stereocenters. The molecule has 0 spiro atoms. The van der Waals surface area contributed by atoms with Gasteiger partial charge in [0.1, 0.15) is 0 Å². The number of carbonyl (C=O) groups is 1. The van der Waals surface area contributed by atoms with Gasteiger partial charge in [0.2, 0.25) is 0 Å². The number of nitrogens with one attached hydrogen (secondary N) is 1. The molecule has 1 aromatic carbocycles. The number of benzene rings is 1. The lowest BCUT2D eigenvalue weighted by Crippen LogP contribution is -2.26. The van der Waals surface area contributed by atoms with Gasteiger partial charge >= 0.3 is 0 Å². The largest absolute Gasteiger partial charge is 0.385 e. The van der Waals surface area contributed by atoms with Gasteiger partial charge in [-0.05, 0) is 19.4 Å². The second-order valence-corrected chi connectivity index (χ2v) is 4.81. The van der Waals surface area contributed by atoms with Crippen LogP contribution in [0.25, 0.3) is 5.69 Å². The van der Waals surface area contributed by atoms with Crippen LogP contribution in [0.5, 0.6) is 0 Å². The van der Waals surface area contributed by atoms with E-state index in [2.05, 4.69) is 15.6 Å². The molecule has 2 rings (SSSR count). The van der Waals surface area contributed by atoms with Crippen molar-refractivity contribution < 1.29 is 14.5 Å². The van der Waals surface area contributed by atoms with E-state index >= 15 is 0 Å². The number of nitro benzene ring substituents is 1. The lowest BCUT2D eigenvalue weighted by atomic mass is 10.2. The van der Waals surface area contributed by atoms with Gasteiger partial charge in [0, 0.05) is 32.4 Å². The van der Waals surface area contributed by atoms with Crippen molar-refractivity contribution in [2.75, 3.05) is 20.3 Å². The second kappa shape index (κ2) is 7.45. The predicted octanol–water partition coefficient (Wildman–Crippen LogP) is 1.25. The molecule has 1 aromatic heterocycles. The standard InChI is InChI=1S/C14H17N5O4/c1-10-13(14(20)15-7-4-8-23-2)16-17-18(10)11-5-3-6-12(9-11)19(21)22/h3,5-6,9H,4,7-8H2,1-2H3,(H,15,20). The number of carbonyl (C=O) groups excluding carboxylic acids is 1. The SMILES string of the molecule is COCCCNC(=O)c1nnn(-c2cccc([N+](=O)[O-])c2)c1C. The third kappa shape index (κ3) is 3.89. The van der Waals surface area contributed by atoms with Crippen molar-refractivity contribution in [1.82, 2.24) is 20.3 Å². The molecule has 2 aromatic rings. The minimum atomic E-state index is -0.487. The molecule has 0 saturated heterocycles. The molecule has 0 aliphatic heterocycles. The van der Waals surface area contributed by atoms with E-state index < -0.39 is 4.92 Å². The first-order valence-corrected chi connectivity index (χ1v) is 6.99. The third-order valence-corrected chi connectivity index (χ3v) is 3.21. The molecule has 0 aliphatic carbocycles. The van der Waals surface area contributed by atoms with Crippen LogP contribution < -0.4 is 5.32 Å². The van der Waals surface area contributed by atoms with E-state index in [1.807, 2.05) is 0 Å². The molecule has 0 radical (unpaired) electrons. The minimum Gasteiger partial charge on any atom is -0.385 e. The van der Waals surface area contributed by atoms with E-state index in [1.165, 1.54) is 16.8 Å². The van der Waals surface area contributed by atoms with E-state index in [-0.39, 0.29) is 17.3 Å². The maximum atomic E-state index is 12.1. The molecule has 0 aliphatic rings. The molecule has 9 nitrogen and oxygen atoms in total. The summed E-state index contributed by atoms with van der Waals surface area (Å²) < 4.78 is 6.31. The van der Waals surface area contributed by atoms with Gasteiger partial charge < -0.3 is 10.1 Å². The van der Waals surface area contributed by atoms with Crippen LogP contribution in [-0.2, 0) is 4.74 Å². The van der Waals surface area contributed by atoms with Crippen molar-refractivity contribution in [3.8, 4) is 5.69 Å². The first kappa shape index (κ1) is 16.6. The van der Waals surface area contributed by atoms with Crippen molar-refractivity contribution in [2.24, 2.45) is 0 Å². The monoisotopic (exact) mass is 319 g/mol. The third-order valence-electron chi connectivity index (χ3n) is 3.21. The highest BCUT2D eigenvalue weighted by molar-refractivity contribution is 5.93. The van der Waals surface area contributed by atoms with E-state index in [0.717, 1.165) is 0 Å². The number of aromatic nitrogens is 3. The van der Waals surface area contributed by atoms with Crippen molar-refractivity contribution in [2.45, 2.75) is 13.3 Å². The summed E-state index contributed by atoms with van der Waals surface area (Å²) in [4.78, 5) is 22.4. The lowest BCUT2D eigenvalue weighted by molar-refractivity contribution is -0.384. The molecule has 0 saturated carbocycles. The molecule has 122 valence electrons. The average molecular weight is 319 g/mol. The Hall–Kier alpha value is -2.81. The Morgan fingerprint density at radius 1 is 1.48 bits per heavy atom. The zero-order valence-electron chi connectivity index (χ0n) is 12.9. The fourth-order valence-corrected chi connectivity index (χ4v) is 2.02. The predicted molar refractivity (Wildman–Crippen MR) is 81.6 cm³/mol. The summed E-state index contributed by atoms with van der Waals surface area (Å²) in [6.07, 6.45) is 0.695. The average Bonchev–Trinajstić information content (AvgIpc) is 2.93. The zero-order chi connectivity index (χ0) is 16.8. The Bertz CT molecular complexity index is 713. The van der Waals surface area contributed by atoms with Crippen molar-refractivity contribution >= 4 is 11.6 Å². The van der Waals surface area contributed by atoms with Crippen LogP contribution in [0.15, 0.2) is 24.3 Å². The van der Waals surface area contributed by atoms with Crippen LogP contribution in [0.4, 0.5) is 5.69 Å². The molecule has 0 fully saturated rings. The first-order chi connectivity index (χ1) is 11.0. The van der Waals surface area contributed by atoms with Gasteiger partial charge in [0.05, 0.1) is 16.3 Å². The van der Waals surface area contributed by atoms with Gasteiger partial charge in [-0.2, -0.15) is 0 Å². The number of rotatable bonds is 7. The fourth-order valence-electron chi connectivity index (χ4n) is 2.02. The van der Waals surface area contributed by atoms with Gasteiger partial charge in [-0.3, -0.25) is 14.9 Å². The Morgan fingerprint density at radius 3 is 2.96 bits per heavy atom. The van der Waals surface area contributed by atoms with Crippen LogP contribution in [0.2, 0.25) is 0 Å². The van der Waals surface area contributed by atoms with Crippen molar-refractivity contribution in [3.63, 3.8) is 0 Å². The van der Waals surface area contributed by atoms with Gasteiger partial charge in [0.15, 0.2) is 5.69 Å². The molecule has 1 N–H and O–H groups in total. The number of amides is 1. The zero-order valence-corrected chi connectivity index (χ0v) is 12.9. The molecule has 1 amide bonds. The topological polar surface area (TPSA) is 112 Å². The van der Waals surface area contributed by atoms with Crippen molar-refractivity contribution in [3.05, 3.63) is 45.8 Å². The number of hydrogen-bond acceptors (Lipinski definition) is 6. The lowest BCUT2D eigenvalue weighted by Gasteiger charge is -2.05. The van der Waals surface area contributed by atoms with E-state index in [1.54, 1.807) is 26.2 Å². The summed E-state index contributed by atoms with van der Waals surface area (Å²) in [6.45, 7) is 2.71. The summed E-state index contributed by atoms with van der Waals surface area (Å²) in [5.41, 5.74) is 1.12. The van der Waals surface area contributed by atoms with Crippen molar-refractivity contribution in [1.29, 1.82) is 0 Å². The second-order valence-electron chi connectivity index (χ2n) is 4.81. The molecule has 23 heavy (non-hydrogen) atoms. The molecule has 0 bridgehead atoms. The highest BCUT2D eigenvalue weighted by Gasteiger charge is 2.18. The van der Waals surface area contributed by atoms with Crippen LogP contribution in [0.3, 0.4) is 0 Å². The molecule has 0 atom stereocenters. The Kier molecular flexibility index (Phi) is 5.36. The molecular formula is C14H17N5O4. The van der Waals surface area contributed by atoms with E-state index in [4.69, 9.17) is 4.74 Å². The summed E-state index contributed by atoms with van der Waals surface area (Å²) in [7, 11) is 1.59. The molecular weight excluding hydrogens is 302 g/mol. The first-order valence-electron chi connectivity index (χ1n) is 6.99. The Labute approximate surface area is 132 Å². The molecule has 1 heterocycles. The molecule has 9 heteroatoms. The summed E-state index contributed by atoms with van der Waals surface area (Å²) in [5.74, 6) is -0.338. The summed E-state index contributed by atoms with van der Waals surface area (Å²) in [5, 5.41) is 21.3. The number of ether oxygens (including phenoxy) is 1. The maximum absolute atomic E-state index is 12.1. The highest BCUT2D eigenvalue weighted by atomic mass is 16.6. The highest BCUT2D eigenvalue weighted by Crippen LogP contribution is 2.18. The Morgan fingerprint density at radius 2 is 2.26 bits per heavy atom. The van der Waals surface area contributed by atoms with Gasteiger partial charge in [0.25, 0.3) is 11.6 Å². The van der Waals surface area contributed by atoms with Gasteiger partial charge in [-0.15, -0.1) is 5.10 Å². The van der Waals surface area contributed by atoms with Gasteiger partial charge in [-0.1, -0.05) is 11.3 Å². The normalized spacial score (nSPS) is 10.5. The number of nitro groups is 1. The van der Waals surface area contributed by atoms with E-state index in [9.17, 15) is 14.9 Å². The van der Waals surface area contributed by atoms with Gasteiger partial charge in [-0.25, -0.2) is 4.68 Å². The summed E-state index contributed by atoms with van der Waals surface area (Å²) >= 11 is 0. The van der Waals surface area contributed by atoms with Crippen LogP contribution >= 0.6 is 0 Å². The fraction of sp³-hybridized carbons (Fsp3) is 0.357. The maximum Gasteiger partial charge on any atom is 0.273 e. The van der Waals surface area contributed by atoms with Crippen LogP contribution in [-0.4, -0.2) is 46.1 Å². The van der Waals surface area contributed by atoms with Crippen LogP contribution in [0.1, 0.15) is 22.6 Å². The van der Waals surface area contributed by atoms with E-state index in [0.29, 0.717) is 31.0 Å². The number of non-ortho nitro benzene ring substituents is 1. The number of nitrogens with zero attached hydrogens (tertiary/aromatic N) is 4.